The number of nitrogens with one attached hydrogen (secondary N) is 1. The number of allylic oxidation sites excluding steroid dienone is 4. The summed E-state index contributed by atoms with van der Waals surface area (Å²) in [7, 11) is 5.94. The van der Waals surface area contributed by atoms with Gasteiger partial charge in [-0.1, -0.05) is 38.2 Å². The second-order valence-electron chi connectivity index (χ2n) is 10.4. The topological polar surface area (TPSA) is 173 Å². The lowest BCUT2D eigenvalue weighted by Gasteiger charge is -2.34. The standard InChI is InChI=1S/C30H42N2O10/c1-15-10-9-11-21(38-5)28(42-30(31)37)17(3)12-16(2)27(41-8)22(39-6)13-18(4)26(40-7)19-14-20(33)25(35)23(24(19)34)32-29(15)36/h9-12,14,16,18,21-22,26-28,34H,13H2,1-8H3,(H2,31,37)(H,32,36)/b11-9+,15-10-,17-12+/t16-,18-,21+,22+,26-,27-,28+/m1/s1. The Morgan fingerprint density at radius 1 is 1.00 bits per heavy atom. The Labute approximate surface area is 246 Å². The number of Topliss-reactive ketones (excluding diaryl/α,β-unsaturated/α-hetero) is 1. The molecule has 2 amide bonds. The molecule has 0 aromatic rings. The van der Waals surface area contributed by atoms with E-state index in [0.29, 0.717) is 12.0 Å². The highest BCUT2D eigenvalue weighted by atomic mass is 16.6. The van der Waals surface area contributed by atoms with Gasteiger partial charge in [0.2, 0.25) is 5.78 Å². The van der Waals surface area contributed by atoms with Crippen molar-refractivity contribution in [3.63, 3.8) is 0 Å². The van der Waals surface area contributed by atoms with E-state index in [2.05, 4.69) is 5.32 Å². The summed E-state index contributed by atoms with van der Waals surface area (Å²) in [6, 6.07) is 0. The maximum atomic E-state index is 12.9. The van der Waals surface area contributed by atoms with Crippen LogP contribution in [0, 0.1) is 11.8 Å². The van der Waals surface area contributed by atoms with Gasteiger partial charge in [0.1, 0.15) is 17.6 Å². The van der Waals surface area contributed by atoms with Gasteiger partial charge in [0.15, 0.2) is 6.10 Å². The SMILES string of the molecule is CO[C@@H]1[C@H](C)/C=C(\C)[C@H](OC(N)=O)[C@@H](OC)/C=C/C=C(/C)C(=O)NC2=C(O)C(=CC(=O)C2=O)[C@H](OC)[C@H](C)C[C@@H]1OC. The third-order valence-electron chi connectivity index (χ3n) is 7.42. The molecule has 232 valence electrons. The molecule has 1 heterocycles. The minimum Gasteiger partial charge on any atom is -0.505 e. The molecule has 7 atom stereocenters. The van der Waals surface area contributed by atoms with Crippen LogP contribution in [0.4, 0.5) is 4.79 Å². The van der Waals surface area contributed by atoms with Crippen LogP contribution in [0.5, 0.6) is 0 Å². The maximum Gasteiger partial charge on any atom is 0.405 e. The van der Waals surface area contributed by atoms with Gasteiger partial charge in [0.05, 0.1) is 18.3 Å². The lowest BCUT2D eigenvalue weighted by molar-refractivity contribution is -0.132. The number of hydrogen-bond donors (Lipinski definition) is 3. The molecule has 0 radical (unpaired) electrons. The normalized spacial score (nSPS) is 33.6. The summed E-state index contributed by atoms with van der Waals surface area (Å²) in [6.07, 6.45) is 3.30. The molecule has 1 aliphatic carbocycles. The van der Waals surface area contributed by atoms with E-state index in [1.807, 2.05) is 19.9 Å². The summed E-state index contributed by atoms with van der Waals surface area (Å²) in [6.45, 7) is 7.01. The van der Waals surface area contributed by atoms with Crippen LogP contribution >= 0.6 is 0 Å². The third kappa shape index (κ3) is 8.25. The van der Waals surface area contributed by atoms with Gasteiger partial charge in [-0.05, 0) is 37.8 Å². The van der Waals surface area contributed by atoms with E-state index in [9.17, 15) is 24.3 Å². The number of methoxy groups -OCH3 is 4. The second kappa shape index (κ2) is 15.6. The predicted octanol–water partition coefficient (Wildman–Crippen LogP) is 2.60. The number of fused-ring (bicyclic) bond motifs is 1. The first-order valence-electron chi connectivity index (χ1n) is 13.5. The zero-order valence-electron chi connectivity index (χ0n) is 25.3. The number of carbonyl (C=O) groups is 4. The van der Waals surface area contributed by atoms with Crippen molar-refractivity contribution in [2.45, 2.75) is 64.6 Å². The summed E-state index contributed by atoms with van der Waals surface area (Å²) in [5.41, 5.74) is 5.67. The predicted molar refractivity (Wildman–Crippen MR) is 153 cm³/mol. The van der Waals surface area contributed by atoms with Crippen LogP contribution in [0.3, 0.4) is 0 Å². The molecule has 2 bridgehead atoms. The number of amides is 2. The molecule has 0 spiro atoms. The molecule has 12 nitrogen and oxygen atoms in total. The second-order valence-corrected chi connectivity index (χ2v) is 10.4. The van der Waals surface area contributed by atoms with Crippen LogP contribution in [0.2, 0.25) is 0 Å². The summed E-state index contributed by atoms with van der Waals surface area (Å²) in [4.78, 5) is 50.0. The lowest BCUT2D eigenvalue weighted by Crippen LogP contribution is -2.40. The molecule has 0 aromatic carbocycles. The van der Waals surface area contributed by atoms with Crippen LogP contribution in [-0.2, 0) is 38.1 Å². The number of aliphatic hydroxyl groups excluding tert-OH is 1. The summed E-state index contributed by atoms with van der Waals surface area (Å²) in [5, 5.41) is 13.4. The van der Waals surface area contributed by atoms with Crippen LogP contribution in [0.25, 0.3) is 0 Å². The van der Waals surface area contributed by atoms with Gasteiger partial charge >= 0.3 is 6.09 Å². The van der Waals surface area contributed by atoms with E-state index < -0.39 is 65.5 Å². The van der Waals surface area contributed by atoms with E-state index in [1.165, 1.54) is 40.4 Å². The Morgan fingerprint density at radius 3 is 2.21 bits per heavy atom. The van der Waals surface area contributed by atoms with Crippen molar-refractivity contribution in [2.75, 3.05) is 28.4 Å². The summed E-state index contributed by atoms with van der Waals surface area (Å²) < 4.78 is 28.3. The molecule has 12 heteroatoms. The Morgan fingerprint density at radius 2 is 1.67 bits per heavy atom. The fraction of sp³-hybridized carbons (Fsp3) is 0.533. The van der Waals surface area contributed by atoms with E-state index in [4.69, 9.17) is 29.4 Å². The van der Waals surface area contributed by atoms with E-state index in [1.54, 1.807) is 20.1 Å². The summed E-state index contributed by atoms with van der Waals surface area (Å²) in [5.74, 6) is -3.87. The Balaban J connectivity index is 2.72. The Hall–Kier alpha value is -3.58. The molecule has 0 saturated carbocycles. The Kier molecular flexibility index (Phi) is 12.9. The van der Waals surface area contributed by atoms with Crippen molar-refractivity contribution < 1.29 is 48.0 Å². The molecule has 0 saturated heterocycles. The fourth-order valence-electron chi connectivity index (χ4n) is 5.26. The van der Waals surface area contributed by atoms with Gasteiger partial charge in [0, 0.05) is 45.5 Å². The van der Waals surface area contributed by atoms with Gasteiger partial charge in [-0.15, -0.1) is 0 Å². The molecule has 1 aliphatic heterocycles. The highest BCUT2D eigenvalue weighted by molar-refractivity contribution is 6.48. The number of primary amides is 1. The fourth-order valence-corrected chi connectivity index (χ4v) is 5.26. The number of rotatable bonds is 5. The van der Waals surface area contributed by atoms with Gasteiger partial charge in [0.25, 0.3) is 11.7 Å². The van der Waals surface area contributed by atoms with E-state index in [-0.39, 0.29) is 23.0 Å². The molecule has 4 N–H and O–H groups in total. The minimum absolute atomic E-state index is 0.0614. The molecule has 0 fully saturated rings. The highest BCUT2D eigenvalue weighted by Gasteiger charge is 2.38. The molecule has 0 aromatic heterocycles. The molecule has 2 rings (SSSR count). The first-order valence-corrected chi connectivity index (χ1v) is 13.5. The van der Waals surface area contributed by atoms with Crippen molar-refractivity contribution in [3.05, 3.63) is 58.6 Å². The van der Waals surface area contributed by atoms with Crippen molar-refractivity contribution in [1.82, 2.24) is 5.32 Å². The maximum absolute atomic E-state index is 12.9. The Bertz CT molecular complexity index is 1200. The van der Waals surface area contributed by atoms with Crippen molar-refractivity contribution >= 4 is 23.6 Å². The first-order chi connectivity index (χ1) is 19.8. The number of aliphatic hydroxyl groups is 1. The van der Waals surface area contributed by atoms with Gasteiger partial charge in [-0.3, -0.25) is 14.4 Å². The average molecular weight is 591 g/mol. The summed E-state index contributed by atoms with van der Waals surface area (Å²) >= 11 is 0. The van der Waals surface area contributed by atoms with E-state index in [0.717, 1.165) is 6.08 Å². The first kappa shape index (κ1) is 34.6. The van der Waals surface area contributed by atoms with Gasteiger partial charge in [-0.2, -0.15) is 0 Å². The zero-order valence-corrected chi connectivity index (χ0v) is 25.3. The average Bonchev–Trinajstić information content (AvgIpc) is 2.94. The number of ketones is 2. The van der Waals surface area contributed by atoms with Gasteiger partial charge < -0.3 is 39.8 Å². The number of hydrogen-bond acceptors (Lipinski definition) is 10. The lowest BCUT2D eigenvalue weighted by atomic mass is 9.84. The number of carbonyl (C=O) groups excluding carboxylic acids is 4. The number of ether oxygens (including phenoxy) is 5. The monoisotopic (exact) mass is 590 g/mol. The van der Waals surface area contributed by atoms with Crippen LogP contribution in [-0.4, -0.2) is 87.6 Å². The minimum atomic E-state index is -1.06. The van der Waals surface area contributed by atoms with Crippen molar-refractivity contribution in [1.29, 1.82) is 0 Å². The van der Waals surface area contributed by atoms with Crippen LogP contribution < -0.4 is 11.1 Å². The van der Waals surface area contributed by atoms with Crippen molar-refractivity contribution in [3.8, 4) is 0 Å². The zero-order chi connectivity index (χ0) is 31.7. The molecule has 2 aliphatic rings. The molecule has 42 heavy (non-hydrogen) atoms. The van der Waals surface area contributed by atoms with Crippen LogP contribution in [0.15, 0.2) is 58.6 Å². The molecule has 0 unspecified atom stereocenters. The number of nitrogens with two attached hydrogens (primary N) is 1. The van der Waals surface area contributed by atoms with Gasteiger partial charge in [-0.25, -0.2) is 4.79 Å². The van der Waals surface area contributed by atoms with Crippen LogP contribution in [0.1, 0.15) is 34.1 Å². The highest BCUT2D eigenvalue weighted by Crippen LogP contribution is 2.32. The quantitative estimate of drug-likeness (QED) is 0.245. The third-order valence-corrected chi connectivity index (χ3v) is 7.42. The van der Waals surface area contributed by atoms with E-state index >= 15 is 0 Å². The largest absolute Gasteiger partial charge is 0.505 e. The smallest absolute Gasteiger partial charge is 0.405 e. The molecular formula is C30H42N2O10. The molecular weight excluding hydrogens is 548 g/mol. The van der Waals surface area contributed by atoms with Crippen molar-refractivity contribution in [2.24, 2.45) is 17.6 Å².